The van der Waals surface area contributed by atoms with Crippen molar-refractivity contribution in [3.8, 4) is 0 Å². The highest BCUT2D eigenvalue weighted by Gasteiger charge is 2.17. The van der Waals surface area contributed by atoms with Gasteiger partial charge in [-0.2, -0.15) is 0 Å². The van der Waals surface area contributed by atoms with E-state index < -0.39 is 5.97 Å². The minimum atomic E-state index is -0.933. The number of carbonyl (C=O) groups is 2. The Hall–Kier alpha value is -2.04. The average molecular weight is 262 g/mol. The monoisotopic (exact) mass is 262 g/mol. The number of nitrogens with zero attached hydrogens (tertiary/aromatic N) is 1. The molecule has 2 rings (SSSR count). The molecule has 1 saturated heterocycles. The van der Waals surface area contributed by atoms with Crippen molar-refractivity contribution in [1.29, 1.82) is 0 Å². The molecule has 0 unspecified atom stereocenters. The number of likely N-dealkylation sites (tertiary alicyclic amines) is 1. The van der Waals surface area contributed by atoms with Crippen LogP contribution in [-0.4, -0.2) is 41.5 Å². The molecule has 1 aromatic carbocycles. The summed E-state index contributed by atoms with van der Waals surface area (Å²) < 4.78 is 0. The molecule has 0 aliphatic carbocycles. The molecule has 1 aliphatic rings. The summed E-state index contributed by atoms with van der Waals surface area (Å²) in [5.41, 5.74) is 1.75. The molecule has 2 N–H and O–H groups in total. The Kier molecular flexibility index (Phi) is 4.04. The Morgan fingerprint density at radius 3 is 2.58 bits per heavy atom. The number of carbonyl (C=O) groups excluding carboxylic acids is 1. The van der Waals surface area contributed by atoms with Gasteiger partial charge < -0.3 is 15.3 Å². The first-order valence-electron chi connectivity index (χ1n) is 6.43. The van der Waals surface area contributed by atoms with Crippen molar-refractivity contribution in [3.05, 3.63) is 29.3 Å². The van der Waals surface area contributed by atoms with Crippen LogP contribution in [0.3, 0.4) is 0 Å². The average Bonchev–Trinajstić information content (AvgIpc) is 2.89. The number of carboxylic acids is 1. The number of aromatic carboxylic acids is 1. The van der Waals surface area contributed by atoms with E-state index in [9.17, 15) is 9.59 Å². The number of hydrogen-bond donors (Lipinski definition) is 2. The fourth-order valence-electron chi connectivity index (χ4n) is 2.27. The number of carboxylic acid groups (broad SMARTS) is 1. The number of aryl methyl sites for hydroxylation is 1. The molecule has 0 radical (unpaired) electrons. The summed E-state index contributed by atoms with van der Waals surface area (Å²) in [6.07, 6.45) is 2.16. The molecule has 0 atom stereocenters. The number of anilines is 1. The number of rotatable bonds is 4. The molecule has 0 bridgehead atoms. The van der Waals surface area contributed by atoms with Crippen LogP contribution in [0.4, 0.5) is 5.69 Å². The van der Waals surface area contributed by atoms with Crippen LogP contribution in [0.1, 0.15) is 28.8 Å². The Balaban J connectivity index is 1.94. The fraction of sp³-hybridized carbons (Fsp3) is 0.429. The predicted octanol–water partition coefficient (Wildman–Crippen LogP) is 1.73. The smallest absolute Gasteiger partial charge is 0.335 e. The topological polar surface area (TPSA) is 69.6 Å². The second-order valence-corrected chi connectivity index (χ2v) is 4.78. The third-order valence-electron chi connectivity index (χ3n) is 3.36. The molecule has 1 heterocycles. The van der Waals surface area contributed by atoms with Crippen LogP contribution in [-0.2, 0) is 4.79 Å². The first-order chi connectivity index (χ1) is 9.08. The molecular formula is C14H18N2O3. The highest BCUT2D eigenvalue weighted by molar-refractivity contribution is 5.90. The molecule has 0 saturated carbocycles. The molecule has 1 aromatic rings. The summed E-state index contributed by atoms with van der Waals surface area (Å²) in [6, 6.07) is 4.99. The molecule has 1 fully saturated rings. The van der Waals surface area contributed by atoms with Crippen molar-refractivity contribution in [3.63, 3.8) is 0 Å². The van der Waals surface area contributed by atoms with Crippen LogP contribution in [0.5, 0.6) is 0 Å². The standard InChI is InChI=1S/C14H18N2O3/c1-10-8-11(4-5-12(10)14(18)19)15-9-13(17)16-6-2-3-7-16/h4-5,8,15H,2-3,6-7,9H2,1H3,(H,18,19). The second kappa shape index (κ2) is 5.73. The first-order valence-corrected chi connectivity index (χ1v) is 6.43. The molecule has 102 valence electrons. The third kappa shape index (κ3) is 3.24. The van der Waals surface area contributed by atoms with Gasteiger partial charge >= 0.3 is 5.97 Å². The molecule has 1 aliphatic heterocycles. The van der Waals surface area contributed by atoms with E-state index in [1.165, 1.54) is 0 Å². The first kappa shape index (κ1) is 13.4. The zero-order valence-electron chi connectivity index (χ0n) is 11.0. The lowest BCUT2D eigenvalue weighted by Gasteiger charge is -2.16. The summed E-state index contributed by atoms with van der Waals surface area (Å²) in [6.45, 7) is 3.69. The maximum absolute atomic E-state index is 11.8. The zero-order chi connectivity index (χ0) is 13.8. The van der Waals surface area contributed by atoms with E-state index in [-0.39, 0.29) is 18.0 Å². The Bertz CT molecular complexity index is 493. The number of benzene rings is 1. The Labute approximate surface area is 112 Å². The van der Waals surface area contributed by atoms with Crippen molar-refractivity contribution < 1.29 is 14.7 Å². The van der Waals surface area contributed by atoms with Gasteiger partial charge in [0.1, 0.15) is 0 Å². The van der Waals surface area contributed by atoms with Gasteiger partial charge in [-0.1, -0.05) is 0 Å². The van der Waals surface area contributed by atoms with Crippen molar-refractivity contribution >= 4 is 17.6 Å². The van der Waals surface area contributed by atoms with Crippen molar-refractivity contribution in [2.45, 2.75) is 19.8 Å². The maximum Gasteiger partial charge on any atom is 0.335 e. The van der Waals surface area contributed by atoms with Crippen LogP contribution >= 0.6 is 0 Å². The third-order valence-corrected chi connectivity index (χ3v) is 3.36. The van der Waals surface area contributed by atoms with Gasteiger partial charge in [-0.3, -0.25) is 4.79 Å². The second-order valence-electron chi connectivity index (χ2n) is 4.78. The van der Waals surface area contributed by atoms with Gasteiger partial charge in [-0.15, -0.1) is 0 Å². The molecule has 5 heteroatoms. The molecule has 1 amide bonds. The minimum Gasteiger partial charge on any atom is -0.478 e. The predicted molar refractivity (Wildman–Crippen MR) is 72.4 cm³/mol. The van der Waals surface area contributed by atoms with Gasteiger partial charge in [-0.25, -0.2) is 4.79 Å². The molecular weight excluding hydrogens is 244 g/mol. The van der Waals surface area contributed by atoms with Gasteiger partial charge in [0.2, 0.25) is 5.91 Å². The van der Waals surface area contributed by atoms with Crippen LogP contribution in [0.15, 0.2) is 18.2 Å². The molecule has 0 spiro atoms. The van der Waals surface area contributed by atoms with E-state index in [0.717, 1.165) is 31.6 Å². The number of amides is 1. The van der Waals surface area contributed by atoms with Crippen molar-refractivity contribution in [2.24, 2.45) is 0 Å². The highest BCUT2D eigenvalue weighted by Crippen LogP contribution is 2.15. The zero-order valence-corrected chi connectivity index (χ0v) is 11.0. The quantitative estimate of drug-likeness (QED) is 0.867. The maximum atomic E-state index is 11.8. The van der Waals surface area contributed by atoms with Crippen LogP contribution in [0, 0.1) is 6.92 Å². The minimum absolute atomic E-state index is 0.0949. The van der Waals surface area contributed by atoms with Gasteiger partial charge in [0.15, 0.2) is 0 Å². The Morgan fingerprint density at radius 2 is 2.00 bits per heavy atom. The van der Waals surface area contributed by atoms with E-state index >= 15 is 0 Å². The summed E-state index contributed by atoms with van der Waals surface area (Å²) in [7, 11) is 0. The fourth-order valence-corrected chi connectivity index (χ4v) is 2.27. The van der Waals surface area contributed by atoms with E-state index in [4.69, 9.17) is 5.11 Å². The number of hydrogen-bond acceptors (Lipinski definition) is 3. The van der Waals surface area contributed by atoms with Crippen molar-refractivity contribution in [1.82, 2.24) is 4.90 Å². The normalized spacial score (nSPS) is 14.5. The summed E-state index contributed by atoms with van der Waals surface area (Å²) >= 11 is 0. The van der Waals surface area contributed by atoms with Gasteiger partial charge in [0, 0.05) is 18.8 Å². The van der Waals surface area contributed by atoms with E-state index in [1.54, 1.807) is 25.1 Å². The highest BCUT2D eigenvalue weighted by atomic mass is 16.4. The largest absolute Gasteiger partial charge is 0.478 e. The lowest BCUT2D eigenvalue weighted by atomic mass is 10.1. The van der Waals surface area contributed by atoms with Crippen LogP contribution < -0.4 is 5.32 Å². The number of nitrogens with one attached hydrogen (secondary N) is 1. The lowest BCUT2D eigenvalue weighted by Crippen LogP contribution is -2.32. The van der Waals surface area contributed by atoms with E-state index in [0.29, 0.717) is 5.56 Å². The van der Waals surface area contributed by atoms with Gasteiger partial charge in [0.25, 0.3) is 0 Å². The van der Waals surface area contributed by atoms with Gasteiger partial charge in [0.05, 0.1) is 12.1 Å². The van der Waals surface area contributed by atoms with E-state index in [2.05, 4.69) is 5.32 Å². The molecule has 5 nitrogen and oxygen atoms in total. The van der Waals surface area contributed by atoms with Crippen molar-refractivity contribution in [2.75, 3.05) is 25.0 Å². The summed E-state index contributed by atoms with van der Waals surface area (Å²) in [5.74, 6) is -0.838. The summed E-state index contributed by atoms with van der Waals surface area (Å²) in [5, 5.41) is 12.0. The summed E-state index contributed by atoms with van der Waals surface area (Å²) in [4.78, 5) is 24.6. The van der Waals surface area contributed by atoms with E-state index in [1.807, 2.05) is 4.90 Å². The molecule has 0 aromatic heterocycles. The Morgan fingerprint density at radius 1 is 1.32 bits per heavy atom. The van der Waals surface area contributed by atoms with Crippen LogP contribution in [0.2, 0.25) is 0 Å². The van der Waals surface area contributed by atoms with Crippen LogP contribution in [0.25, 0.3) is 0 Å². The SMILES string of the molecule is Cc1cc(NCC(=O)N2CCCC2)ccc1C(=O)O. The van der Waals surface area contributed by atoms with Gasteiger partial charge in [-0.05, 0) is 43.5 Å². The lowest BCUT2D eigenvalue weighted by molar-refractivity contribution is -0.128. The molecule has 19 heavy (non-hydrogen) atoms.